The Morgan fingerprint density at radius 3 is 2.70 bits per heavy atom. The molecule has 0 aliphatic heterocycles. The fraction of sp³-hybridized carbons (Fsp3) is 0.857. The summed E-state index contributed by atoms with van der Waals surface area (Å²) in [5, 5.41) is 3.73. The summed E-state index contributed by atoms with van der Waals surface area (Å²) in [6, 6.07) is 2.56. The molecule has 0 bridgehead atoms. The van der Waals surface area contributed by atoms with Crippen LogP contribution in [0.2, 0.25) is 0 Å². The zero-order valence-electron chi connectivity index (χ0n) is 6.72. The van der Waals surface area contributed by atoms with Crippen molar-refractivity contribution < 1.29 is 0 Å². The summed E-state index contributed by atoms with van der Waals surface area (Å²) in [6.07, 6.45) is 2.13. The van der Waals surface area contributed by atoms with Crippen molar-refractivity contribution in [2.75, 3.05) is 13.1 Å². The van der Waals surface area contributed by atoms with E-state index in [1.54, 1.807) is 0 Å². The minimum Gasteiger partial charge on any atom is -0.301 e. The van der Waals surface area contributed by atoms with Gasteiger partial charge in [-0.3, -0.25) is 0 Å². The monoisotopic (exact) mass is 141 g/mol. The zero-order valence-corrected chi connectivity index (χ0v) is 6.72. The molecule has 0 aromatic rings. The molecule has 0 fully saturated rings. The number of hydrazone groups is 1. The Bertz CT molecular complexity index is 114. The second kappa shape index (κ2) is 8.18. The number of aliphatic imine (C=N–C) groups is 1. The average Bonchev–Trinajstić information content (AvgIpc) is 1.97. The predicted molar refractivity (Wildman–Crippen MR) is 43.3 cm³/mol. The average molecular weight is 141 g/mol. The lowest BCUT2D eigenvalue weighted by Crippen LogP contribution is -2.04. The second-order valence-electron chi connectivity index (χ2n) is 2.00. The van der Waals surface area contributed by atoms with Gasteiger partial charge >= 0.3 is 0 Å². The molecule has 58 valence electrons. The summed E-state index contributed by atoms with van der Waals surface area (Å²) in [7, 11) is 0. The molecule has 0 rings (SSSR count). The van der Waals surface area contributed by atoms with Crippen LogP contribution in [0.1, 0.15) is 26.7 Å². The first-order valence-corrected chi connectivity index (χ1v) is 3.75. The van der Waals surface area contributed by atoms with Gasteiger partial charge < -0.3 is 5.43 Å². The van der Waals surface area contributed by atoms with E-state index in [2.05, 4.69) is 35.4 Å². The molecule has 0 amide bonds. The van der Waals surface area contributed by atoms with Crippen LogP contribution in [0.3, 0.4) is 0 Å². The summed E-state index contributed by atoms with van der Waals surface area (Å²) >= 11 is 0. The van der Waals surface area contributed by atoms with E-state index in [0.717, 1.165) is 25.9 Å². The molecule has 0 radical (unpaired) electrons. The van der Waals surface area contributed by atoms with Crippen LogP contribution in [0.4, 0.5) is 0 Å². The van der Waals surface area contributed by atoms with Crippen molar-refractivity contribution in [2.24, 2.45) is 10.1 Å². The predicted octanol–water partition coefficient (Wildman–Crippen LogP) is 1.48. The Hall–Kier alpha value is -0.820. The van der Waals surface area contributed by atoms with Crippen molar-refractivity contribution >= 4 is 6.01 Å². The lowest BCUT2D eigenvalue weighted by Gasteiger charge is -1.88. The molecule has 0 aliphatic rings. The van der Waals surface area contributed by atoms with Crippen molar-refractivity contribution in [3.8, 4) is 0 Å². The van der Waals surface area contributed by atoms with Gasteiger partial charge in [-0.1, -0.05) is 13.8 Å². The maximum atomic E-state index is 3.88. The van der Waals surface area contributed by atoms with Crippen LogP contribution in [-0.2, 0) is 0 Å². The first-order chi connectivity index (χ1) is 4.91. The Morgan fingerprint density at radius 1 is 1.30 bits per heavy atom. The normalized spacial score (nSPS) is 8.20. The maximum absolute atomic E-state index is 3.88. The molecule has 0 aromatic heterocycles. The molecule has 0 unspecified atom stereocenters. The standard InChI is InChI=1S/C7H15N3/c1-3-5-8-7-10-9-6-4-2/h9H,3-6H2,1-2H3. The molecule has 0 heterocycles. The third-order valence-corrected chi connectivity index (χ3v) is 0.897. The molecular weight excluding hydrogens is 126 g/mol. The van der Waals surface area contributed by atoms with Gasteiger partial charge in [0, 0.05) is 13.1 Å². The smallest absolute Gasteiger partial charge is 0.114 e. The number of rotatable bonds is 5. The van der Waals surface area contributed by atoms with Crippen molar-refractivity contribution in [3.05, 3.63) is 0 Å². The largest absolute Gasteiger partial charge is 0.301 e. The van der Waals surface area contributed by atoms with Crippen molar-refractivity contribution in [3.63, 3.8) is 0 Å². The molecule has 3 heteroatoms. The first-order valence-electron chi connectivity index (χ1n) is 3.75. The van der Waals surface area contributed by atoms with Crippen molar-refractivity contribution in [1.82, 2.24) is 5.43 Å². The van der Waals surface area contributed by atoms with Crippen LogP contribution in [0, 0.1) is 0 Å². The minimum atomic E-state index is 0.817. The third kappa shape index (κ3) is 7.18. The number of hydrogen-bond donors (Lipinski definition) is 1. The van der Waals surface area contributed by atoms with Crippen LogP contribution >= 0.6 is 0 Å². The Labute approximate surface area is 62.2 Å². The summed E-state index contributed by atoms with van der Waals surface area (Å²) in [6.45, 7) is 5.88. The summed E-state index contributed by atoms with van der Waals surface area (Å²) in [5.74, 6) is 0. The molecule has 0 spiro atoms. The van der Waals surface area contributed by atoms with Gasteiger partial charge in [0.2, 0.25) is 0 Å². The van der Waals surface area contributed by atoms with E-state index in [0.29, 0.717) is 0 Å². The van der Waals surface area contributed by atoms with Crippen LogP contribution in [0.5, 0.6) is 0 Å². The fourth-order valence-electron chi connectivity index (χ4n) is 0.400. The van der Waals surface area contributed by atoms with Gasteiger partial charge in [0.05, 0.1) is 0 Å². The zero-order chi connectivity index (χ0) is 7.66. The summed E-state index contributed by atoms with van der Waals surface area (Å²) in [5.41, 5.74) is 2.81. The van der Waals surface area contributed by atoms with Gasteiger partial charge in [-0.05, 0) is 12.8 Å². The highest BCUT2D eigenvalue weighted by Gasteiger charge is 1.71. The summed E-state index contributed by atoms with van der Waals surface area (Å²) < 4.78 is 0. The maximum Gasteiger partial charge on any atom is 0.114 e. The Balaban J connectivity index is 3.17. The quantitative estimate of drug-likeness (QED) is 0.351. The van der Waals surface area contributed by atoms with Gasteiger partial charge in [0.1, 0.15) is 6.01 Å². The molecule has 10 heavy (non-hydrogen) atoms. The van der Waals surface area contributed by atoms with E-state index in [-0.39, 0.29) is 0 Å². The molecule has 1 N–H and O–H groups in total. The van der Waals surface area contributed by atoms with E-state index in [1.807, 2.05) is 0 Å². The van der Waals surface area contributed by atoms with Crippen LogP contribution in [0.25, 0.3) is 0 Å². The highest BCUT2D eigenvalue weighted by molar-refractivity contribution is 5.40. The van der Waals surface area contributed by atoms with Gasteiger partial charge in [-0.2, -0.15) is 0 Å². The second-order valence-corrected chi connectivity index (χ2v) is 2.00. The third-order valence-electron chi connectivity index (χ3n) is 0.897. The molecular formula is C7H15N3. The van der Waals surface area contributed by atoms with E-state index < -0.39 is 0 Å². The number of nitrogens with one attached hydrogen (secondary N) is 1. The lowest BCUT2D eigenvalue weighted by atomic mass is 10.5. The molecule has 3 nitrogen and oxygen atoms in total. The molecule has 0 saturated carbocycles. The van der Waals surface area contributed by atoms with Crippen LogP contribution < -0.4 is 5.43 Å². The lowest BCUT2D eigenvalue weighted by molar-refractivity contribution is 0.719. The first kappa shape index (κ1) is 9.18. The molecule has 0 aliphatic carbocycles. The fourth-order valence-corrected chi connectivity index (χ4v) is 0.400. The number of nitrogens with zero attached hydrogens (tertiary/aromatic N) is 2. The van der Waals surface area contributed by atoms with Crippen molar-refractivity contribution in [1.29, 1.82) is 0 Å². The van der Waals surface area contributed by atoms with Crippen LogP contribution in [0.15, 0.2) is 10.1 Å². The van der Waals surface area contributed by atoms with Gasteiger partial charge in [-0.15, -0.1) is 5.10 Å². The minimum absolute atomic E-state index is 0.817. The van der Waals surface area contributed by atoms with E-state index in [4.69, 9.17) is 0 Å². The Kier molecular flexibility index (Phi) is 7.51. The highest BCUT2D eigenvalue weighted by atomic mass is 15.3. The highest BCUT2D eigenvalue weighted by Crippen LogP contribution is 1.73. The molecule has 0 atom stereocenters. The van der Waals surface area contributed by atoms with Gasteiger partial charge in [0.25, 0.3) is 0 Å². The van der Waals surface area contributed by atoms with E-state index in [9.17, 15) is 0 Å². The molecule has 0 saturated heterocycles. The summed E-state index contributed by atoms with van der Waals surface area (Å²) in [4.78, 5) is 3.88. The molecule has 0 aromatic carbocycles. The van der Waals surface area contributed by atoms with Crippen LogP contribution in [-0.4, -0.2) is 19.1 Å². The van der Waals surface area contributed by atoms with E-state index in [1.165, 1.54) is 0 Å². The topological polar surface area (TPSA) is 36.8 Å². The SMILES string of the molecule is CCCN=C=NNCCC. The number of hydrogen-bond acceptors (Lipinski definition) is 3. The van der Waals surface area contributed by atoms with Gasteiger partial charge in [0.15, 0.2) is 0 Å². The Morgan fingerprint density at radius 2 is 2.10 bits per heavy atom. The van der Waals surface area contributed by atoms with Crippen molar-refractivity contribution in [2.45, 2.75) is 26.7 Å². The van der Waals surface area contributed by atoms with E-state index >= 15 is 0 Å². The van der Waals surface area contributed by atoms with Gasteiger partial charge in [-0.25, -0.2) is 4.99 Å².